The summed E-state index contributed by atoms with van der Waals surface area (Å²) in [5.74, 6) is 0.801. The van der Waals surface area contributed by atoms with Crippen LogP contribution in [0, 0.1) is 0 Å². The van der Waals surface area contributed by atoms with Crippen molar-refractivity contribution < 1.29 is 9.32 Å². The third kappa shape index (κ3) is 3.07. The minimum atomic E-state index is -0.0805. The first-order valence-corrected chi connectivity index (χ1v) is 8.54. The van der Waals surface area contributed by atoms with Crippen LogP contribution in [0.5, 0.6) is 0 Å². The first-order valence-electron chi connectivity index (χ1n) is 8.54. The van der Waals surface area contributed by atoms with Crippen molar-refractivity contribution >= 4 is 5.91 Å². The van der Waals surface area contributed by atoms with E-state index in [9.17, 15) is 4.79 Å². The van der Waals surface area contributed by atoms with Crippen molar-refractivity contribution in [3.05, 3.63) is 65.3 Å². The van der Waals surface area contributed by atoms with Crippen LogP contribution < -0.4 is 0 Å². The Morgan fingerprint density at radius 3 is 2.80 bits per heavy atom. The van der Waals surface area contributed by atoms with Gasteiger partial charge < -0.3 is 9.42 Å². The summed E-state index contributed by atoms with van der Waals surface area (Å²) in [7, 11) is 1.80. The van der Waals surface area contributed by atoms with Crippen LogP contribution in [0.4, 0.5) is 0 Å². The van der Waals surface area contributed by atoms with E-state index in [0.29, 0.717) is 12.2 Å². The summed E-state index contributed by atoms with van der Waals surface area (Å²) in [5.41, 5.74) is 3.53. The zero-order valence-electron chi connectivity index (χ0n) is 14.2. The van der Waals surface area contributed by atoms with Crippen LogP contribution >= 0.6 is 0 Å². The lowest BCUT2D eigenvalue weighted by molar-refractivity contribution is 0.0774. The fourth-order valence-electron chi connectivity index (χ4n) is 3.25. The third-order valence-corrected chi connectivity index (χ3v) is 4.62. The molecule has 0 aliphatic heterocycles. The molecule has 0 spiro atoms. The third-order valence-electron chi connectivity index (χ3n) is 4.62. The average molecular weight is 336 g/mol. The largest absolute Gasteiger partial charge is 0.360 e. The van der Waals surface area contributed by atoms with Crippen molar-refractivity contribution in [3.63, 3.8) is 0 Å². The van der Waals surface area contributed by atoms with Gasteiger partial charge in [0.05, 0.1) is 5.69 Å². The lowest BCUT2D eigenvalue weighted by Gasteiger charge is -2.17. The maximum Gasteiger partial charge on any atom is 0.276 e. The van der Waals surface area contributed by atoms with Crippen LogP contribution in [0.2, 0.25) is 0 Å². The predicted molar refractivity (Wildman–Crippen MR) is 92.5 cm³/mol. The first-order chi connectivity index (χ1) is 12.2. The van der Waals surface area contributed by atoms with E-state index in [-0.39, 0.29) is 5.91 Å². The van der Waals surface area contributed by atoms with E-state index in [1.807, 2.05) is 36.5 Å². The number of hydrogen-bond donors (Lipinski definition) is 0. The van der Waals surface area contributed by atoms with Gasteiger partial charge in [-0.1, -0.05) is 17.3 Å². The molecule has 3 aromatic rings. The lowest BCUT2D eigenvalue weighted by Crippen LogP contribution is -2.27. The molecular formula is C19H20N4O2. The molecule has 4 rings (SSSR count). The van der Waals surface area contributed by atoms with Crippen molar-refractivity contribution in [2.24, 2.45) is 0 Å². The van der Waals surface area contributed by atoms with Crippen LogP contribution in [0.25, 0.3) is 5.69 Å². The molecule has 2 aromatic heterocycles. The summed E-state index contributed by atoms with van der Waals surface area (Å²) in [6.07, 6.45) is 7.61. The molecule has 0 fully saturated rings. The number of amides is 1. The van der Waals surface area contributed by atoms with Gasteiger partial charge in [-0.15, -0.1) is 0 Å². The smallest absolute Gasteiger partial charge is 0.276 e. The summed E-state index contributed by atoms with van der Waals surface area (Å²) in [6.45, 7) is 0.528. The number of hydrogen-bond acceptors (Lipinski definition) is 4. The van der Waals surface area contributed by atoms with E-state index >= 15 is 0 Å². The van der Waals surface area contributed by atoms with Crippen molar-refractivity contribution in [3.8, 4) is 5.69 Å². The standard InChI is InChI=1S/C19H20N4O2/c1-22(19(24)18-16-5-2-3-6-17(16)25-21-18)13-14-7-9-15(10-8-14)23-12-4-11-20-23/h4,7-12H,2-3,5-6,13H2,1H3. The second-order valence-corrected chi connectivity index (χ2v) is 6.42. The number of fused-ring (bicyclic) bond motifs is 1. The molecule has 6 nitrogen and oxygen atoms in total. The SMILES string of the molecule is CN(Cc1ccc(-n2cccn2)cc1)C(=O)c1noc2c1CCCC2. The second-order valence-electron chi connectivity index (χ2n) is 6.42. The van der Waals surface area contributed by atoms with Crippen molar-refractivity contribution in [1.82, 2.24) is 19.8 Å². The molecule has 1 aliphatic rings. The Bertz CT molecular complexity index is 865. The van der Waals surface area contributed by atoms with E-state index in [1.165, 1.54) is 0 Å². The highest BCUT2D eigenvalue weighted by atomic mass is 16.5. The fraction of sp³-hybridized carbons (Fsp3) is 0.316. The molecule has 0 bridgehead atoms. The van der Waals surface area contributed by atoms with Gasteiger partial charge in [0.2, 0.25) is 0 Å². The number of aromatic nitrogens is 3. The molecule has 2 heterocycles. The summed E-state index contributed by atoms with van der Waals surface area (Å²) < 4.78 is 7.16. The van der Waals surface area contributed by atoms with Crippen molar-refractivity contribution in [2.75, 3.05) is 7.05 Å². The van der Waals surface area contributed by atoms with Crippen LogP contribution in [0.15, 0.2) is 47.2 Å². The summed E-state index contributed by atoms with van der Waals surface area (Å²) >= 11 is 0. The van der Waals surface area contributed by atoms with Gasteiger partial charge in [0.15, 0.2) is 5.69 Å². The Hall–Kier alpha value is -2.89. The van der Waals surface area contributed by atoms with E-state index in [2.05, 4.69) is 10.3 Å². The molecule has 0 unspecified atom stereocenters. The van der Waals surface area contributed by atoms with E-state index in [0.717, 1.165) is 48.3 Å². The zero-order chi connectivity index (χ0) is 17.2. The molecule has 128 valence electrons. The van der Waals surface area contributed by atoms with Gasteiger partial charge in [-0.3, -0.25) is 4.79 Å². The maximum atomic E-state index is 12.7. The molecule has 25 heavy (non-hydrogen) atoms. The van der Waals surface area contributed by atoms with Crippen LogP contribution in [0.3, 0.4) is 0 Å². The fourth-order valence-corrected chi connectivity index (χ4v) is 3.25. The second kappa shape index (κ2) is 6.55. The lowest BCUT2D eigenvalue weighted by atomic mass is 9.96. The molecule has 0 N–H and O–H groups in total. The predicted octanol–water partition coefficient (Wildman–Crippen LogP) is 3.01. The molecule has 1 aromatic carbocycles. The Labute approximate surface area is 146 Å². The minimum Gasteiger partial charge on any atom is -0.360 e. The maximum absolute atomic E-state index is 12.7. The van der Waals surface area contributed by atoms with Gasteiger partial charge in [-0.05, 0) is 43.0 Å². The highest BCUT2D eigenvalue weighted by Gasteiger charge is 2.26. The highest BCUT2D eigenvalue weighted by molar-refractivity contribution is 5.93. The molecule has 0 saturated heterocycles. The summed E-state index contributed by atoms with van der Waals surface area (Å²) in [4.78, 5) is 14.4. The topological polar surface area (TPSA) is 64.2 Å². The van der Waals surface area contributed by atoms with Crippen LogP contribution in [-0.4, -0.2) is 32.8 Å². The molecular weight excluding hydrogens is 316 g/mol. The van der Waals surface area contributed by atoms with Gasteiger partial charge in [-0.2, -0.15) is 5.10 Å². The van der Waals surface area contributed by atoms with Gasteiger partial charge in [-0.25, -0.2) is 4.68 Å². The van der Waals surface area contributed by atoms with E-state index in [4.69, 9.17) is 4.52 Å². The highest BCUT2D eigenvalue weighted by Crippen LogP contribution is 2.25. The Morgan fingerprint density at radius 1 is 1.24 bits per heavy atom. The zero-order valence-corrected chi connectivity index (χ0v) is 14.2. The minimum absolute atomic E-state index is 0.0805. The Morgan fingerprint density at radius 2 is 2.04 bits per heavy atom. The van der Waals surface area contributed by atoms with Crippen molar-refractivity contribution in [1.29, 1.82) is 0 Å². The Kier molecular flexibility index (Phi) is 4.09. The van der Waals surface area contributed by atoms with Gasteiger partial charge in [0.25, 0.3) is 5.91 Å². The van der Waals surface area contributed by atoms with Gasteiger partial charge in [0, 0.05) is 38.0 Å². The molecule has 6 heteroatoms. The number of rotatable bonds is 4. The normalized spacial score (nSPS) is 13.5. The number of nitrogens with zero attached hydrogens (tertiary/aromatic N) is 4. The monoisotopic (exact) mass is 336 g/mol. The quantitative estimate of drug-likeness (QED) is 0.735. The first kappa shape index (κ1) is 15.6. The number of carbonyl (C=O) groups is 1. The van der Waals surface area contributed by atoms with Crippen molar-refractivity contribution in [2.45, 2.75) is 32.2 Å². The molecule has 0 saturated carbocycles. The van der Waals surface area contributed by atoms with Gasteiger partial charge in [0.1, 0.15) is 5.76 Å². The van der Waals surface area contributed by atoms with E-state index in [1.54, 1.807) is 22.8 Å². The summed E-state index contributed by atoms with van der Waals surface area (Å²) in [5, 5.41) is 8.24. The van der Waals surface area contributed by atoms with Gasteiger partial charge >= 0.3 is 0 Å². The number of benzene rings is 1. The molecule has 0 atom stereocenters. The van der Waals surface area contributed by atoms with Crippen LogP contribution in [0.1, 0.15) is 40.2 Å². The summed E-state index contributed by atoms with van der Waals surface area (Å²) in [6, 6.07) is 9.91. The molecule has 1 aliphatic carbocycles. The Balaban J connectivity index is 1.47. The van der Waals surface area contributed by atoms with Crippen LogP contribution in [-0.2, 0) is 19.4 Å². The molecule has 0 radical (unpaired) electrons. The number of aryl methyl sites for hydroxylation is 1. The van der Waals surface area contributed by atoms with E-state index < -0.39 is 0 Å². The average Bonchev–Trinajstić information content (AvgIpc) is 3.31. The number of carbonyl (C=O) groups excluding carboxylic acids is 1. The molecule has 1 amide bonds.